The standard InChI is InChI=1S/C18H21ClN2/c19-15-9-10-17(21-11-5-2-6-12-21)16(13-15)18(20)14-7-3-1-4-8-14/h1,3-4,7-10,13,18H,2,5-6,11-12,20H2. The Labute approximate surface area is 131 Å². The van der Waals surface area contributed by atoms with Crippen molar-refractivity contribution >= 4 is 17.3 Å². The molecule has 0 amide bonds. The van der Waals surface area contributed by atoms with Crippen LogP contribution in [0.25, 0.3) is 0 Å². The van der Waals surface area contributed by atoms with Gasteiger partial charge in [-0.25, -0.2) is 0 Å². The van der Waals surface area contributed by atoms with Crippen molar-refractivity contribution in [2.24, 2.45) is 5.73 Å². The van der Waals surface area contributed by atoms with Gasteiger partial charge in [0.05, 0.1) is 6.04 Å². The van der Waals surface area contributed by atoms with E-state index in [1.165, 1.54) is 24.9 Å². The molecule has 0 bridgehead atoms. The average Bonchev–Trinajstić information content (AvgIpc) is 2.56. The normalized spacial score (nSPS) is 16.8. The van der Waals surface area contributed by atoms with Gasteiger partial charge in [0.15, 0.2) is 0 Å². The van der Waals surface area contributed by atoms with Crippen LogP contribution in [0.3, 0.4) is 0 Å². The average molecular weight is 301 g/mol. The second kappa shape index (κ2) is 6.50. The van der Waals surface area contributed by atoms with Crippen molar-refractivity contribution in [1.29, 1.82) is 0 Å². The van der Waals surface area contributed by atoms with Crippen molar-refractivity contribution in [3.8, 4) is 0 Å². The summed E-state index contributed by atoms with van der Waals surface area (Å²) in [6.07, 6.45) is 3.83. The molecule has 1 fully saturated rings. The lowest BCUT2D eigenvalue weighted by atomic mass is 9.96. The number of piperidine rings is 1. The highest BCUT2D eigenvalue weighted by Crippen LogP contribution is 2.33. The fraction of sp³-hybridized carbons (Fsp3) is 0.333. The maximum absolute atomic E-state index is 6.51. The topological polar surface area (TPSA) is 29.3 Å². The first kappa shape index (κ1) is 14.4. The van der Waals surface area contributed by atoms with E-state index in [-0.39, 0.29) is 6.04 Å². The van der Waals surface area contributed by atoms with Crippen LogP contribution in [0.1, 0.15) is 36.4 Å². The van der Waals surface area contributed by atoms with E-state index in [0.717, 1.165) is 29.2 Å². The largest absolute Gasteiger partial charge is 0.371 e. The zero-order chi connectivity index (χ0) is 14.7. The van der Waals surface area contributed by atoms with Gasteiger partial charge in [-0.1, -0.05) is 41.9 Å². The summed E-state index contributed by atoms with van der Waals surface area (Å²) in [6, 6.07) is 16.2. The molecule has 0 aliphatic carbocycles. The van der Waals surface area contributed by atoms with Gasteiger partial charge in [-0.15, -0.1) is 0 Å². The van der Waals surface area contributed by atoms with Crippen LogP contribution in [0.2, 0.25) is 5.02 Å². The van der Waals surface area contributed by atoms with Crippen LogP contribution in [0.4, 0.5) is 5.69 Å². The third-order valence-electron chi connectivity index (χ3n) is 4.18. The van der Waals surface area contributed by atoms with E-state index in [9.17, 15) is 0 Å². The van der Waals surface area contributed by atoms with Gasteiger partial charge < -0.3 is 10.6 Å². The second-order valence-electron chi connectivity index (χ2n) is 5.64. The highest BCUT2D eigenvalue weighted by atomic mass is 35.5. The molecule has 2 N–H and O–H groups in total. The lowest BCUT2D eigenvalue weighted by Gasteiger charge is -2.32. The Hall–Kier alpha value is -1.51. The molecule has 0 spiro atoms. The lowest BCUT2D eigenvalue weighted by Crippen LogP contribution is -2.31. The zero-order valence-corrected chi connectivity index (χ0v) is 12.9. The van der Waals surface area contributed by atoms with Gasteiger partial charge in [0.1, 0.15) is 0 Å². The maximum atomic E-state index is 6.51. The molecule has 2 aromatic rings. The molecule has 1 heterocycles. The number of nitrogens with two attached hydrogens (primary N) is 1. The number of rotatable bonds is 3. The van der Waals surface area contributed by atoms with Crippen LogP contribution in [0.15, 0.2) is 48.5 Å². The predicted molar refractivity (Wildman–Crippen MR) is 90.0 cm³/mol. The van der Waals surface area contributed by atoms with E-state index in [4.69, 9.17) is 17.3 Å². The molecule has 3 rings (SSSR count). The van der Waals surface area contributed by atoms with Crippen LogP contribution in [-0.2, 0) is 0 Å². The van der Waals surface area contributed by atoms with Gasteiger partial charge in [0, 0.05) is 23.8 Å². The monoisotopic (exact) mass is 300 g/mol. The van der Waals surface area contributed by atoms with Crippen molar-refractivity contribution in [3.63, 3.8) is 0 Å². The molecule has 21 heavy (non-hydrogen) atoms. The van der Waals surface area contributed by atoms with Crippen molar-refractivity contribution in [1.82, 2.24) is 0 Å². The Morgan fingerprint density at radius 3 is 2.38 bits per heavy atom. The first-order valence-corrected chi connectivity index (χ1v) is 7.98. The Balaban J connectivity index is 1.98. The Morgan fingerprint density at radius 1 is 0.952 bits per heavy atom. The molecule has 1 unspecified atom stereocenters. The SMILES string of the molecule is NC(c1ccccc1)c1cc(Cl)ccc1N1CCCCC1. The van der Waals surface area contributed by atoms with E-state index in [0.29, 0.717) is 0 Å². The summed E-state index contributed by atoms with van der Waals surface area (Å²) < 4.78 is 0. The maximum Gasteiger partial charge on any atom is 0.0572 e. The predicted octanol–water partition coefficient (Wildman–Crippen LogP) is 4.38. The Morgan fingerprint density at radius 2 is 1.67 bits per heavy atom. The fourth-order valence-electron chi connectivity index (χ4n) is 3.04. The summed E-state index contributed by atoms with van der Waals surface area (Å²) in [6.45, 7) is 2.21. The van der Waals surface area contributed by atoms with Gasteiger partial charge in [-0.3, -0.25) is 0 Å². The zero-order valence-electron chi connectivity index (χ0n) is 12.1. The summed E-state index contributed by atoms with van der Waals surface area (Å²) in [7, 11) is 0. The number of nitrogens with zero attached hydrogens (tertiary/aromatic N) is 1. The van der Waals surface area contributed by atoms with Crippen molar-refractivity contribution in [3.05, 3.63) is 64.7 Å². The highest BCUT2D eigenvalue weighted by Gasteiger charge is 2.19. The minimum absolute atomic E-state index is 0.137. The molecular weight excluding hydrogens is 280 g/mol. The molecule has 110 valence electrons. The third kappa shape index (κ3) is 3.22. The molecule has 2 nitrogen and oxygen atoms in total. The number of anilines is 1. The molecule has 1 atom stereocenters. The van der Waals surface area contributed by atoms with E-state index >= 15 is 0 Å². The van der Waals surface area contributed by atoms with E-state index in [2.05, 4.69) is 23.1 Å². The van der Waals surface area contributed by atoms with Gasteiger partial charge in [0.2, 0.25) is 0 Å². The number of hydrogen-bond acceptors (Lipinski definition) is 2. The van der Waals surface area contributed by atoms with Crippen LogP contribution >= 0.6 is 11.6 Å². The summed E-state index contributed by atoms with van der Waals surface area (Å²) in [5, 5.41) is 0.747. The molecule has 2 aromatic carbocycles. The minimum atomic E-state index is -0.137. The van der Waals surface area contributed by atoms with Crippen LogP contribution in [0.5, 0.6) is 0 Å². The first-order valence-electron chi connectivity index (χ1n) is 7.60. The quantitative estimate of drug-likeness (QED) is 0.911. The molecule has 0 radical (unpaired) electrons. The smallest absolute Gasteiger partial charge is 0.0572 e. The summed E-state index contributed by atoms with van der Waals surface area (Å²) in [5.41, 5.74) is 9.98. The molecule has 0 aromatic heterocycles. The molecule has 1 aliphatic heterocycles. The van der Waals surface area contributed by atoms with Crippen LogP contribution in [0, 0.1) is 0 Å². The lowest BCUT2D eigenvalue weighted by molar-refractivity contribution is 0.575. The van der Waals surface area contributed by atoms with Gasteiger partial charge in [-0.05, 0) is 48.6 Å². The fourth-order valence-corrected chi connectivity index (χ4v) is 3.22. The van der Waals surface area contributed by atoms with Gasteiger partial charge in [0.25, 0.3) is 0 Å². The molecule has 3 heteroatoms. The Bertz CT molecular complexity index is 591. The highest BCUT2D eigenvalue weighted by molar-refractivity contribution is 6.30. The van der Waals surface area contributed by atoms with Crippen LogP contribution in [-0.4, -0.2) is 13.1 Å². The number of halogens is 1. The van der Waals surface area contributed by atoms with E-state index in [1.54, 1.807) is 0 Å². The van der Waals surface area contributed by atoms with Crippen molar-refractivity contribution < 1.29 is 0 Å². The molecule has 1 saturated heterocycles. The van der Waals surface area contributed by atoms with E-state index < -0.39 is 0 Å². The van der Waals surface area contributed by atoms with Gasteiger partial charge in [-0.2, -0.15) is 0 Å². The number of benzene rings is 2. The van der Waals surface area contributed by atoms with Crippen molar-refractivity contribution in [2.75, 3.05) is 18.0 Å². The number of hydrogen-bond donors (Lipinski definition) is 1. The van der Waals surface area contributed by atoms with Crippen LogP contribution < -0.4 is 10.6 Å². The minimum Gasteiger partial charge on any atom is -0.371 e. The first-order chi connectivity index (χ1) is 10.3. The van der Waals surface area contributed by atoms with E-state index in [1.807, 2.05) is 30.3 Å². The molecule has 0 saturated carbocycles. The summed E-state index contributed by atoms with van der Waals surface area (Å²) in [4.78, 5) is 2.44. The van der Waals surface area contributed by atoms with Crippen molar-refractivity contribution in [2.45, 2.75) is 25.3 Å². The third-order valence-corrected chi connectivity index (χ3v) is 4.42. The molecule has 1 aliphatic rings. The molecular formula is C18H21ClN2. The Kier molecular flexibility index (Phi) is 4.47. The van der Waals surface area contributed by atoms with Gasteiger partial charge >= 0.3 is 0 Å². The summed E-state index contributed by atoms with van der Waals surface area (Å²) >= 11 is 6.21. The summed E-state index contributed by atoms with van der Waals surface area (Å²) in [5.74, 6) is 0. The second-order valence-corrected chi connectivity index (χ2v) is 6.08.